The van der Waals surface area contributed by atoms with Gasteiger partial charge in [0.2, 0.25) is 0 Å². The second kappa shape index (κ2) is 7.99. The monoisotopic (exact) mass is 379 g/mol. The van der Waals surface area contributed by atoms with E-state index in [1.54, 1.807) is 11.3 Å². The predicted octanol–water partition coefficient (Wildman–Crippen LogP) is 3.17. The van der Waals surface area contributed by atoms with E-state index in [0.29, 0.717) is 0 Å². The first-order valence-corrected chi connectivity index (χ1v) is 7.20. The highest BCUT2D eigenvalue weighted by Gasteiger charge is 2.18. The Kier molecular flexibility index (Phi) is 6.99. The second-order valence-corrected chi connectivity index (χ2v) is 5.48. The van der Waals surface area contributed by atoms with Gasteiger partial charge in [-0.15, -0.1) is 24.0 Å². The van der Waals surface area contributed by atoms with Gasteiger partial charge in [0.15, 0.2) is 5.96 Å². The first-order chi connectivity index (χ1) is 8.29. The molecule has 1 aliphatic heterocycles. The van der Waals surface area contributed by atoms with E-state index in [1.807, 2.05) is 7.05 Å². The third-order valence-corrected chi connectivity index (χ3v) is 4.06. The fraction of sp³-hybridized carbons (Fsp3) is 0.615. The molecule has 0 spiro atoms. The fourth-order valence-corrected chi connectivity index (χ4v) is 2.80. The molecule has 1 N–H and O–H groups in total. The van der Waals surface area contributed by atoms with Crippen LogP contribution < -0.4 is 5.32 Å². The maximum Gasteiger partial charge on any atom is 0.193 e. The first-order valence-electron chi connectivity index (χ1n) is 6.26. The minimum atomic E-state index is 0. The molecular formula is C13H22IN3S. The lowest BCUT2D eigenvalue weighted by molar-refractivity contribution is 0.273. The van der Waals surface area contributed by atoms with Gasteiger partial charge in [-0.05, 0) is 41.1 Å². The van der Waals surface area contributed by atoms with Crippen molar-refractivity contribution in [3.8, 4) is 0 Å². The number of nitrogens with zero attached hydrogens (tertiary/aromatic N) is 2. The van der Waals surface area contributed by atoms with Crippen molar-refractivity contribution in [2.75, 3.05) is 20.1 Å². The molecule has 0 unspecified atom stereocenters. The highest BCUT2D eigenvalue weighted by Crippen LogP contribution is 2.16. The van der Waals surface area contributed by atoms with Crippen LogP contribution in [-0.2, 0) is 6.54 Å². The molecule has 1 fully saturated rings. The van der Waals surface area contributed by atoms with Gasteiger partial charge in [0.1, 0.15) is 0 Å². The quantitative estimate of drug-likeness (QED) is 0.486. The summed E-state index contributed by atoms with van der Waals surface area (Å²) in [5.41, 5.74) is 1.33. The maximum absolute atomic E-state index is 4.37. The van der Waals surface area contributed by atoms with Crippen LogP contribution in [0.15, 0.2) is 21.8 Å². The lowest BCUT2D eigenvalue weighted by Gasteiger charge is -2.32. The average molecular weight is 379 g/mol. The molecule has 102 valence electrons. The molecule has 1 saturated heterocycles. The van der Waals surface area contributed by atoms with Crippen molar-refractivity contribution in [2.24, 2.45) is 10.9 Å². The molecule has 1 aromatic rings. The van der Waals surface area contributed by atoms with E-state index in [1.165, 1.54) is 18.4 Å². The van der Waals surface area contributed by atoms with Crippen LogP contribution in [0, 0.1) is 5.92 Å². The van der Waals surface area contributed by atoms with Crippen molar-refractivity contribution in [2.45, 2.75) is 26.3 Å². The lowest BCUT2D eigenvalue weighted by Crippen LogP contribution is -2.45. The SMILES string of the molecule is CN=C(NCc1ccsc1)N1CCC(C)CC1.I. The van der Waals surface area contributed by atoms with Crippen LogP contribution >= 0.6 is 35.3 Å². The third kappa shape index (κ3) is 4.42. The molecule has 0 atom stereocenters. The molecule has 2 rings (SSSR count). The molecule has 0 saturated carbocycles. The van der Waals surface area contributed by atoms with Crippen LogP contribution in [0.4, 0.5) is 0 Å². The molecule has 18 heavy (non-hydrogen) atoms. The zero-order chi connectivity index (χ0) is 12.1. The molecular weight excluding hydrogens is 357 g/mol. The van der Waals surface area contributed by atoms with Crippen LogP contribution in [-0.4, -0.2) is 31.0 Å². The number of aliphatic imine (C=N–C) groups is 1. The van der Waals surface area contributed by atoms with E-state index >= 15 is 0 Å². The standard InChI is InChI=1S/C13H21N3S.HI/c1-11-3-6-16(7-4-11)13(14-2)15-9-12-5-8-17-10-12;/h5,8,10-11H,3-4,6-7,9H2,1-2H3,(H,14,15);1H. The largest absolute Gasteiger partial charge is 0.352 e. The molecule has 5 heteroatoms. The summed E-state index contributed by atoms with van der Waals surface area (Å²) in [6.45, 7) is 5.47. The Morgan fingerprint density at radius 2 is 2.22 bits per heavy atom. The van der Waals surface area contributed by atoms with Gasteiger partial charge in [-0.1, -0.05) is 6.92 Å². The summed E-state index contributed by atoms with van der Waals surface area (Å²) in [7, 11) is 1.87. The molecule has 0 bridgehead atoms. The number of rotatable bonds is 2. The Labute approximate surface area is 131 Å². The first kappa shape index (κ1) is 15.8. The number of piperidine rings is 1. The molecule has 0 radical (unpaired) electrons. The van der Waals surface area contributed by atoms with Gasteiger partial charge in [-0.3, -0.25) is 4.99 Å². The Balaban J connectivity index is 0.00000162. The molecule has 1 aromatic heterocycles. The highest BCUT2D eigenvalue weighted by atomic mass is 127. The number of nitrogens with one attached hydrogen (secondary N) is 1. The van der Waals surface area contributed by atoms with E-state index in [2.05, 4.69) is 39.0 Å². The van der Waals surface area contributed by atoms with E-state index in [0.717, 1.165) is 31.5 Å². The summed E-state index contributed by atoms with van der Waals surface area (Å²) < 4.78 is 0. The highest BCUT2D eigenvalue weighted by molar-refractivity contribution is 14.0. The second-order valence-electron chi connectivity index (χ2n) is 4.70. The number of guanidine groups is 1. The van der Waals surface area contributed by atoms with Gasteiger partial charge in [0, 0.05) is 26.7 Å². The van der Waals surface area contributed by atoms with Gasteiger partial charge in [-0.2, -0.15) is 11.3 Å². The zero-order valence-corrected chi connectivity index (χ0v) is 14.2. The normalized spacial score (nSPS) is 17.4. The summed E-state index contributed by atoms with van der Waals surface area (Å²) in [5.74, 6) is 1.91. The van der Waals surface area contributed by atoms with E-state index in [-0.39, 0.29) is 24.0 Å². The van der Waals surface area contributed by atoms with Gasteiger partial charge in [0.25, 0.3) is 0 Å². The Morgan fingerprint density at radius 3 is 2.78 bits per heavy atom. The number of hydrogen-bond donors (Lipinski definition) is 1. The Hall–Kier alpha value is -0.300. The summed E-state index contributed by atoms with van der Waals surface area (Å²) >= 11 is 1.74. The number of thiophene rings is 1. The van der Waals surface area contributed by atoms with Crippen molar-refractivity contribution in [3.63, 3.8) is 0 Å². The van der Waals surface area contributed by atoms with Gasteiger partial charge in [-0.25, -0.2) is 0 Å². The molecule has 0 aromatic carbocycles. The van der Waals surface area contributed by atoms with Crippen LogP contribution in [0.2, 0.25) is 0 Å². The minimum absolute atomic E-state index is 0. The van der Waals surface area contributed by atoms with Crippen molar-refractivity contribution in [3.05, 3.63) is 22.4 Å². The molecule has 0 aliphatic carbocycles. The van der Waals surface area contributed by atoms with Gasteiger partial charge in [0.05, 0.1) is 0 Å². The van der Waals surface area contributed by atoms with Crippen molar-refractivity contribution in [1.29, 1.82) is 0 Å². The lowest BCUT2D eigenvalue weighted by atomic mass is 10.00. The number of hydrogen-bond acceptors (Lipinski definition) is 2. The predicted molar refractivity (Wildman–Crippen MR) is 89.9 cm³/mol. The Morgan fingerprint density at radius 1 is 1.50 bits per heavy atom. The molecule has 0 amide bonds. The van der Waals surface area contributed by atoms with E-state index < -0.39 is 0 Å². The van der Waals surface area contributed by atoms with Crippen molar-refractivity contribution >= 4 is 41.3 Å². The smallest absolute Gasteiger partial charge is 0.193 e. The van der Waals surface area contributed by atoms with E-state index in [9.17, 15) is 0 Å². The minimum Gasteiger partial charge on any atom is -0.352 e. The zero-order valence-electron chi connectivity index (χ0n) is 11.1. The summed E-state index contributed by atoms with van der Waals surface area (Å²) in [6, 6.07) is 2.16. The summed E-state index contributed by atoms with van der Waals surface area (Å²) in [4.78, 5) is 6.74. The average Bonchev–Trinajstić information content (AvgIpc) is 2.85. The summed E-state index contributed by atoms with van der Waals surface area (Å²) in [6.07, 6.45) is 2.55. The van der Waals surface area contributed by atoms with Crippen LogP contribution in [0.3, 0.4) is 0 Å². The van der Waals surface area contributed by atoms with Crippen molar-refractivity contribution in [1.82, 2.24) is 10.2 Å². The van der Waals surface area contributed by atoms with E-state index in [4.69, 9.17) is 0 Å². The topological polar surface area (TPSA) is 27.6 Å². The van der Waals surface area contributed by atoms with Crippen molar-refractivity contribution < 1.29 is 0 Å². The number of likely N-dealkylation sites (tertiary alicyclic amines) is 1. The summed E-state index contributed by atoms with van der Waals surface area (Å²) in [5, 5.41) is 7.73. The van der Waals surface area contributed by atoms with Crippen LogP contribution in [0.5, 0.6) is 0 Å². The molecule has 3 nitrogen and oxygen atoms in total. The molecule has 1 aliphatic rings. The van der Waals surface area contributed by atoms with Gasteiger partial charge >= 0.3 is 0 Å². The van der Waals surface area contributed by atoms with Crippen LogP contribution in [0.1, 0.15) is 25.3 Å². The maximum atomic E-state index is 4.37. The third-order valence-electron chi connectivity index (χ3n) is 3.33. The van der Waals surface area contributed by atoms with Crippen LogP contribution in [0.25, 0.3) is 0 Å². The fourth-order valence-electron chi connectivity index (χ4n) is 2.13. The molecule has 2 heterocycles. The van der Waals surface area contributed by atoms with Gasteiger partial charge < -0.3 is 10.2 Å². The number of halogens is 1. The Bertz CT molecular complexity index is 356.